The van der Waals surface area contributed by atoms with Gasteiger partial charge in [-0.25, -0.2) is 23.1 Å². The van der Waals surface area contributed by atoms with Crippen LogP contribution in [0.5, 0.6) is 0 Å². The lowest BCUT2D eigenvalue weighted by molar-refractivity contribution is -0.129. The van der Waals surface area contributed by atoms with Crippen molar-refractivity contribution < 1.29 is 27.9 Å². The lowest BCUT2D eigenvalue weighted by atomic mass is 9.89. The summed E-state index contributed by atoms with van der Waals surface area (Å²) in [5, 5.41) is 10.9. The van der Waals surface area contributed by atoms with Crippen LogP contribution in [0.1, 0.15) is 72.4 Å². The van der Waals surface area contributed by atoms with Gasteiger partial charge in [-0.15, -0.1) is 11.6 Å². The van der Waals surface area contributed by atoms with Crippen molar-refractivity contribution in [1.82, 2.24) is 19.3 Å². The van der Waals surface area contributed by atoms with Gasteiger partial charge in [-0.05, 0) is 32.8 Å². The third-order valence-corrected chi connectivity index (χ3v) is 7.55. The third kappa shape index (κ3) is 4.62. The lowest BCUT2D eigenvalue weighted by Crippen LogP contribution is -2.38. The first kappa shape index (κ1) is 26.4. The number of alkyl halides is 3. The van der Waals surface area contributed by atoms with Gasteiger partial charge in [-0.1, -0.05) is 6.07 Å². The monoisotopic (exact) mass is 549 g/mol. The van der Waals surface area contributed by atoms with Crippen LogP contribution in [0.15, 0.2) is 24.5 Å². The Morgan fingerprint density at radius 3 is 2.37 bits per heavy atom. The Labute approximate surface area is 221 Å². The molecule has 38 heavy (non-hydrogen) atoms. The Morgan fingerprint density at radius 1 is 1.16 bits per heavy atom. The van der Waals surface area contributed by atoms with Gasteiger partial charge >= 0.3 is 0 Å². The summed E-state index contributed by atoms with van der Waals surface area (Å²) in [6, 6.07) is 2.78. The smallest absolute Gasteiger partial charge is 0.267 e. The number of amides is 2. The molecule has 8 nitrogen and oxygen atoms in total. The van der Waals surface area contributed by atoms with E-state index in [1.807, 2.05) is 0 Å². The molecule has 3 N–H and O–H groups in total. The van der Waals surface area contributed by atoms with Gasteiger partial charge in [0, 0.05) is 54.5 Å². The molecular formula is C26H27ClF3N5O3. The van der Waals surface area contributed by atoms with Gasteiger partial charge in [0.2, 0.25) is 5.91 Å². The second kappa shape index (κ2) is 9.23. The number of aromatic nitrogens is 3. The van der Waals surface area contributed by atoms with E-state index < -0.39 is 29.2 Å². The number of nitrogens with zero attached hydrogens (tertiary/aromatic N) is 4. The maximum atomic E-state index is 16.0. The van der Waals surface area contributed by atoms with Crippen molar-refractivity contribution in [3.63, 3.8) is 0 Å². The Hall–Kier alpha value is -3.18. The van der Waals surface area contributed by atoms with Crippen LogP contribution in [-0.4, -0.2) is 61.1 Å². The van der Waals surface area contributed by atoms with E-state index in [2.05, 4.69) is 9.97 Å². The maximum Gasteiger partial charge on any atom is 0.267 e. The second-order valence-corrected chi connectivity index (χ2v) is 10.8. The summed E-state index contributed by atoms with van der Waals surface area (Å²) in [6.45, 7) is 3.81. The van der Waals surface area contributed by atoms with E-state index in [1.54, 1.807) is 11.1 Å². The van der Waals surface area contributed by atoms with Crippen molar-refractivity contribution in [1.29, 1.82) is 0 Å². The zero-order valence-corrected chi connectivity index (χ0v) is 21.6. The Bertz CT molecular complexity index is 1440. The van der Waals surface area contributed by atoms with Crippen LogP contribution in [0.4, 0.5) is 13.2 Å². The second-order valence-electron chi connectivity index (χ2n) is 10.5. The summed E-state index contributed by atoms with van der Waals surface area (Å²) < 4.78 is 44.8. The number of fused-ring (bicyclic) bond motifs is 1. The summed E-state index contributed by atoms with van der Waals surface area (Å²) in [6.07, 6.45) is 4.09. The number of carbonyl (C=O) groups excluding carboxylic acids is 2. The molecule has 1 aliphatic heterocycles. The molecule has 0 radical (unpaired) electrons. The predicted molar refractivity (Wildman–Crippen MR) is 134 cm³/mol. The minimum absolute atomic E-state index is 0.0111. The number of aliphatic hydroxyl groups is 1. The minimum atomic E-state index is -2.90. The summed E-state index contributed by atoms with van der Waals surface area (Å²) >= 11 is 5.66. The van der Waals surface area contributed by atoms with Gasteiger partial charge in [0.05, 0.1) is 22.9 Å². The largest absolute Gasteiger partial charge is 0.386 e. The van der Waals surface area contributed by atoms with Crippen molar-refractivity contribution in [2.24, 2.45) is 5.73 Å². The highest BCUT2D eigenvalue weighted by Crippen LogP contribution is 2.55. The van der Waals surface area contributed by atoms with Crippen LogP contribution in [-0.2, 0) is 10.4 Å². The molecule has 2 amide bonds. The van der Waals surface area contributed by atoms with E-state index in [-0.39, 0.29) is 57.9 Å². The van der Waals surface area contributed by atoms with Gasteiger partial charge < -0.3 is 20.1 Å². The van der Waals surface area contributed by atoms with Crippen LogP contribution in [0, 0.1) is 5.82 Å². The molecule has 0 aromatic carbocycles. The van der Waals surface area contributed by atoms with Crippen molar-refractivity contribution in [2.75, 3.05) is 19.0 Å². The Balaban J connectivity index is 1.59. The number of hydrogen-bond donors (Lipinski definition) is 2. The van der Waals surface area contributed by atoms with Gasteiger partial charge in [-0.3, -0.25) is 9.59 Å². The number of rotatable bonds is 6. The van der Waals surface area contributed by atoms with Gasteiger partial charge in [0.1, 0.15) is 11.6 Å². The molecule has 1 saturated carbocycles. The van der Waals surface area contributed by atoms with Crippen LogP contribution >= 0.6 is 11.6 Å². The summed E-state index contributed by atoms with van der Waals surface area (Å²) in [4.78, 5) is 34.5. The normalized spacial score (nSPS) is 19.7. The molecule has 3 aromatic rings. The summed E-state index contributed by atoms with van der Waals surface area (Å²) in [5.41, 5.74) is 4.36. The molecule has 1 aliphatic carbocycles. The fraction of sp³-hybridized carbons (Fsp3) is 0.462. The Kier molecular flexibility index (Phi) is 6.42. The molecule has 0 bridgehead atoms. The van der Waals surface area contributed by atoms with E-state index in [0.717, 1.165) is 0 Å². The molecule has 202 valence electrons. The molecule has 5 rings (SSSR count). The maximum absolute atomic E-state index is 16.0. The molecular weight excluding hydrogens is 523 g/mol. The van der Waals surface area contributed by atoms with Crippen molar-refractivity contribution in [3.05, 3.63) is 53.0 Å². The first-order chi connectivity index (χ1) is 17.8. The zero-order chi connectivity index (χ0) is 27.6. The van der Waals surface area contributed by atoms with Crippen LogP contribution in [0.3, 0.4) is 0 Å². The highest BCUT2D eigenvalue weighted by Gasteiger charge is 2.58. The first-order valence-electron chi connectivity index (χ1n) is 12.3. The molecule has 1 saturated heterocycles. The molecule has 0 spiro atoms. The number of halogens is 4. The molecule has 4 heterocycles. The molecule has 3 aromatic heterocycles. The highest BCUT2D eigenvalue weighted by molar-refractivity contribution is 6.27. The molecule has 1 atom stereocenters. The van der Waals surface area contributed by atoms with Gasteiger partial charge in [0.25, 0.3) is 11.8 Å². The fourth-order valence-electron chi connectivity index (χ4n) is 5.22. The SMILES string of the molecule is CC(C)(O)c1c(-c2ccc(C3CC3(F)F)nc2C(N)=O)cn2cc(C3CCN(C(=O)CCl)CC3)nc2c1F. The standard InChI is InChI=1S/C26H27ClF3N5O3/c1-25(2,38)20-15(14-3-4-17(16-9-26(16,29)30)32-22(14)23(31)37)11-35-12-18(33-24(35)21(20)28)13-5-7-34(8-6-13)19(36)10-27/h3-4,11-13,16,38H,5-10H2,1-2H3,(H2,31,37). The average Bonchev–Trinajstić information content (AvgIpc) is 3.29. The number of pyridine rings is 2. The quantitative estimate of drug-likeness (QED) is 0.452. The average molecular weight is 550 g/mol. The van der Waals surface area contributed by atoms with Crippen molar-refractivity contribution >= 4 is 29.1 Å². The van der Waals surface area contributed by atoms with E-state index in [9.17, 15) is 23.5 Å². The number of primary amides is 1. The minimum Gasteiger partial charge on any atom is -0.386 e. The van der Waals surface area contributed by atoms with E-state index in [4.69, 9.17) is 17.3 Å². The Morgan fingerprint density at radius 2 is 1.82 bits per heavy atom. The van der Waals surface area contributed by atoms with Crippen LogP contribution in [0.2, 0.25) is 0 Å². The number of imidazole rings is 1. The predicted octanol–water partition coefficient (Wildman–Crippen LogP) is 3.93. The van der Waals surface area contributed by atoms with Crippen molar-refractivity contribution in [2.45, 2.75) is 56.5 Å². The van der Waals surface area contributed by atoms with E-state index in [0.29, 0.717) is 31.6 Å². The van der Waals surface area contributed by atoms with Crippen molar-refractivity contribution in [3.8, 4) is 11.1 Å². The van der Waals surface area contributed by atoms with Gasteiger partial charge in [-0.2, -0.15) is 0 Å². The number of likely N-dealkylation sites (tertiary alicyclic amines) is 1. The lowest BCUT2D eigenvalue weighted by Gasteiger charge is -2.30. The van der Waals surface area contributed by atoms with Crippen LogP contribution in [0.25, 0.3) is 16.8 Å². The number of nitrogens with two attached hydrogens (primary N) is 1. The van der Waals surface area contributed by atoms with Crippen LogP contribution < -0.4 is 5.73 Å². The number of hydrogen-bond acceptors (Lipinski definition) is 5. The first-order valence-corrected chi connectivity index (χ1v) is 12.8. The number of piperidine rings is 1. The summed E-state index contributed by atoms with van der Waals surface area (Å²) in [5.74, 6) is -6.00. The molecule has 2 fully saturated rings. The zero-order valence-electron chi connectivity index (χ0n) is 20.8. The van der Waals surface area contributed by atoms with Gasteiger partial charge in [0.15, 0.2) is 11.5 Å². The topological polar surface area (TPSA) is 114 Å². The van der Waals surface area contributed by atoms with E-state index in [1.165, 1.54) is 36.6 Å². The number of carbonyl (C=O) groups is 2. The summed E-state index contributed by atoms with van der Waals surface area (Å²) in [7, 11) is 0. The fourth-order valence-corrected chi connectivity index (χ4v) is 5.39. The molecule has 2 aliphatic rings. The third-order valence-electron chi connectivity index (χ3n) is 7.32. The highest BCUT2D eigenvalue weighted by atomic mass is 35.5. The van der Waals surface area contributed by atoms with E-state index >= 15 is 4.39 Å². The molecule has 1 unspecified atom stereocenters. The molecule has 12 heteroatoms.